The van der Waals surface area contributed by atoms with E-state index in [1.807, 2.05) is 30.3 Å². The van der Waals surface area contributed by atoms with Gasteiger partial charge in [-0.3, -0.25) is 0 Å². The monoisotopic (exact) mass is 224 g/mol. The highest BCUT2D eigenvalue weighted by Crippen LogP contribution is 2.37. The van der Waals surface area contributed by atoms with Crippen LogP contribution in [0.5, 0.6) is 5.75 Å². The van der Waals surface area contributed by atoms with Gasteiger partial charge in [-0.05, 0) is 42.4 Å². The van der Waals surface area contributed by atoms with Crippen molar-refractivity contribution in [3.63, 3.8) is 0 Å². The maximum atomic E-state index is 10.4. The second kappa shape index (κ2) is 4.25. The zero-order valence-corrected chi connectivity index (χ0v) is 9.82. The topological polar surface area (TPSA) is 20.2 Å². The number of rotatable bonds is 1. The smallest absolute Gasteiger partial charge is 0.126 e. The molecule has 1 heteroatoms. The molecule has 0 aliphatic heterocycles. The molecular weight excluding hydrogens is 208 g/mol. The van der Waals surface area contributed by atoms with E-state index in [1.54, 1.807) is 0 Å². The molecule has 1 aliphatic rings. The minimum atomic E-state index is 0.494. The largest absolute Gasteiger partial charge is 0.507 e. The SMILES string of the molecule is Oc1c(-c2ccccc2)ccc2c1CCCC2. The molecule has 0 unspecified atom stereocenters. The van der Waals surface area contributed by atoms with Gasteiger partial charge in [0.25, 0.3) is 0 Å². The van der Waals surface area contributed by atoms with Crippen LogP contribution in [-0.4, -0.2) is 5.11 Å². The third-order valence-electron chi connectivity index (χ3n) is 3.59. The van der Waals surface area contributed by atoms with Crippen molar-refractivity contribution in [2.24, 2.45) is 0 Å². The minimum Gasteiger partial charge on any atom is -0.507 e. The van der Waals surface area contributed by atoms with Crippen LogP contribution >= 0.6 is 0 Å². The Morgan fingerprint density at radius 3 is 2.41 bits per heavy atom. The van der Waals surface area contributed by atoms with Gasteiger partial charge in [-0.1, -0.05) is 42.5 Å². The van der Waals surface area contributed by atoms with Gasteiger partial charge in [0, 0.05) is 5.56 Å². The first-order chi connectivity index (χ1) is 8.36. The molecule has 0 saturated heterocycles. The third kappa shape index (κ3) is 1.82. The molecule has 1 aliphatic carbocycles. The fraction of sp³-hybridized carbons (Fsp3) is 0.250. The summed E-state index contributed by atoms with van der Waals surface area (Å²) in [7, 11) is 0. The molecule has 3 rings (SSSR count). The van der Waals surface area contributed by atoms with Gasteiger partial charge in [-0.15, -0.1) is 0 Å². The number of aromatic hydroxyl groups is 1. The highest BCUT2D eigenvalue weighted by molar-refractivity contribution is 5.72. The van der Waals surface area contributed by atoms with Crippen LogP contribution in [0.4, 0.5) is 0 Å². The summed E-state index contributed by atoms with van der Waals surface area (Å²) in [5, 5.41) is 10.4. The van der Waals surface area contributed by atoms with Crippen LogP contribution in [0.15, 0.2) is 42.5 Å². The van der Waals surface area contributed by atoms with Crippen molar-refractivity contribution in [3.8, 4) is 16.9 Å². The first kappa shape index (κ1) is 10.4. The molecule has 0 atom stereocenters. The number of phenols is 1. The van der Waals surface area contributed by atoms with Crippen molar-refractivity contribution >= 4 is 0 Å². The van der Waals surface area contributed by atoms with E-state index in [4.69, 9.17) is 0 Å². The zero-order valence-electron chi connectivity index (χ0n) is 9.82. The van der Waals surface area contributed by atoms with Crippen LogP contribution in [-0.2, 0) is 12.8 Å². The normalized spacial score (nSPS) is 14.4. The van der Waals surface area contributed by atoms with Crippen molar-refractivity contribution in [3.05, 3.63) is 53.6 Å². The Morgan fingerprint density at radius 2 is 1.59 bits per heavy atom. The number of hydrogen-bond donors (Lipinski definition) is 1. The average Bonchev–Trinajstić information content (AvgIpc) is 2.40. The van der Waals surface area contributed by atoms with Gasteiger partial charge in [-0.25, -0.2) is 0 Å². The van der Waals surface area contributed by atoms with E-state index < -0.39 is 0 Å². The molecule has 0 amide bonds. The Bertz CT molecular complexity index is 529. The Balaban J connectivity index is 2.13. The molecule has 0 heterocycles. The van der Waals surface area contributed by atoms with E-state index in [-0.39, 0.29) is 0 Å². The molecule has 17 heavy (non-hydrogen) atoms. The van der Waals surface area contributed by atoms with Gasteiger partial charge in [0.05, 0.1) is 0 Å². The van der Waals surface area contributed by atoms with E-state index in [1.165, 1.54) is 18.4 Å². The van der Waals surface area contributed by atoms with Gasteiger partial charge in [0.1, 0.15) is 5.75 Å². The fourth-order valence-electron chi connectivity index (χ4n) is 2.66. The fourth-order valence-corrected chi connectivity index (χ4v) is 2.66. The lowest BCUT2D eigenvalue weighted by atomic mass is 9.88. The summed E-state index contributed by atoms with van der Waals surface area (Å²) < 4.78 is 0. The highest BCUT2D eigenvalue weighted by atomic mass is 16.3. The summed E-state index contributed by atoms with van der Waals surface area (Å²) >= 11 is 0. The second-order valence-corrected chi connectivity index (χ2v) is 4.67. The Kier molecular flexibility index (Phi) is 2.60. The molecular formula is C16H16O. The molecule has 0 radical (unpaired) electrons. The Hall–Kier alpha value is -1.76. The molecule has 0 spiro atoms. The van der Waals surface area contributed by atoms with Crippen molar-refractivity contribution in [2.75, 3.05) is 0 Å². The van der Waals surface area contributed by atoms with E-state index in [0.29, 0.717) is 5.75 Å². The molecule has 2 aromatic rings. The van der Waals surface area contributed by atoms with Crippen LogP contribution in [0, 0.1) is 0 Å². The van der Waals surface area contributed by atoms with Crippen molar-refractivity contribution in [1.82, 2.24) is 0 Å². The zero-order chi connectivity index (χ0) is 11.7. The van der Waals surface area contributed by atoms with Crippen LogP contribution in [0.1, 0.15) is 24.0 Å². The van der Waals surface area contributed by atoms with Crippen molar-refractivity contribution < 1.29 is 5.11 Å². The summed E-state index contributed by atoms with van der Waals surface area (Å²) in [5.41, 5.74) is 4.55. The number of fused-ring (bicyclic) bond motifs is 1. The average molecular weight is 224 g/mol. The lowest BCUT2D eigenvalue weighted by Gasteiger charge is -2.19. The van der Waals surface area contributed by atoms with Gasteiger partial charge in [-0.2, -0.15) is 0 Å². The van der Waals surface area contributed by atoms with E-state index >= 15 is 0 Å². The summed E-state index contributed by atoms with van der Waals surface area (Å²) in [6.45, 7) is 0. The summed E-state index contributed by atoms with van der Waals surface area (Å²) in [6.07, 6.45) is 4.57. The van der Waals surface area contributed by atoms with E-state index in [2.05, 4.69) is 12.1 Å². The van der Waals surface area contributed by atoms with Crippen LogP contribution in [0.2, 0.25) is 0 Å². The quantitative estimate of drug-likeness (QED) is 0.778. The maximum Gasteiger partial charge on any atom is 0.126 e. The first-order valence-corrected chi connectivity index (χ1v) is 6.25. The van der Waals surface area contributed by atoms with Crippen LogP contribution in [0.3, 0.4) is 0 Å². The van der Waals surface area contributed by atoms with Crippen molar-refractivity contribution in [1.29, 1.82) is 0 Å². The molecule has 1 nitrogen and oxygen atoms in total. The predicted molar refractivity (Wildman–Crippen MR) is 70.2 cm³/mol. The standard InChI is InChI=1S/C16H16O/c17-16-14-9-5-4-8-13(14)10-11-15(16)12-6-2-1-3-7-12/h1-3,6-7,10-11,17H,4-5,8-9H2. The molecule has 86 valence electrons. The van der Waals surface area contributed by atoms with Crippen molar-refractivity contribution in [2.45, 2.75) is 25.7 Å². The van der Waals surface area contributed by atoms with Gasteiger partial charge in [0.15, 0.2) is 0 Å². The molecule has 0 bridgehead atoms. The summed E-state index contributed by atoms with van der Waals surface area (Å²) in [5.74, 6) is 0.494. The highest BCUT2D eigenvalue weighted by Gasteiger charge is 2.16. The Labute approximate surface area is 102 Å². The molecule has 2 aromatic carbocycles. The molecule has 0 fully saturated rings. The molecule has 0 aromatic heterocycles. The molecule has 0 saturated carbocycles. The number of aryl methyl sites for hydroxylation is 1. The predicted octanol–water partition coefficient (Wildman–Crippen LogP) is 3.94. The second-order valence-electron chi connectivity index (χ2n) is 4.67. The third-order valence-corrected chi connectivity index (χ3v) is 3.59. The minimum absolute atomic E-state index is 0.494. The lowest BCUT2D eigenvalue weighted by Crippen LogP contribution is -2.03. The molecule has 1 N–H and O–H groups in total. The van der Waals surface area contributed by atoms with E-state index in [9.17, 15) is 5.11 Å². The lowest BCUT2D eigenvalue weighted by molar-refractivity contribution is 0.464. The van der Waals surface area contributed by atoms with E-state index in [0.717, 1.165) is 29.5 Å². The number of hydrogen-bond acceptors (Lipinski definition) is 1. The van der Waals surface area contributed by atoms with Crippen LogP contribution in [0.25, 0.3) is 11.1 Å². The van der Waals surface area contributed by atoms with Gasteiger partial charge in [0.2, 0.25) is 0 Å². The maximum absolute atomic E-state index is 10.4. The Morgan fingerprint density at radius 1 is 0.824 bits per heavy atom. The number of benzene rings is 2. The summed E-state index contributed by atoms with van der Waals surface area (Å²) in [6, 6.07) is 14.3. The first-order valence-electron chi connectivity index (χ1n) is 6.25. The summed E-state index contributed by atoms with van der Waals surface area (Å²) in [4.78, 5) is 0. The number of phenolic OH excluding ortho intramolecular Hbond substituents is 1. The van der Waals surface area contributed by atoms with Gasteiger partial charge >= 0.3 is 0 Å². The van der Waals surface area contributed by atoms with Crippen LogP contribution < -0.4 is 0 Å². The van der Waals surface area contributed by atoms with Gasteiger partial charge < -0.3 is 5.11 Å².